The zero-order chi connectivity index (χ0) is 23.0. The van der Waals surface area contributed by atoms with Gasteiger partial charge in [0, 0.05) is 18.2 Å². The number of nitrogens with one attached hydrogen (secondary N) is 1. The fourth-order valence-electron chi connectivity index (χ4n) is 5.40. The standard InChI is InChI=1S/C26H31ClN2O4/c1-17(11-18-3-5-23-24(12-18)33-16-32-23)15-29-9-7-26(8-10-29)14-20(26)25(30)28-19-4-6-22(31-2)21(27)13-19/h3-6,12-13,17,20H,7-11,14-16H2,1-2H3,(H,28,30). The van der Waals surface area contributed by atoms with Crippen LogP contribution in [0.1, 0.15) is 31.7 Å². The van der Waals surface area contributed by atoms with Crippen molar-refractivity contribution in [3.05, 3.63) is 47.0 Å². The van der Waals surface area contributed by atoms with Gasteiger partial charge in [-0.25, -0.2) is 0 Å². The predicted octanol–water partition coefficient (Wildman–Crippen LogP) is 5.00. The van der Waals surface area contributed by atoms with Crippen LogP contribution in [0, 0.1) is 17.3 Å². The first-order valence-electron chi connectivity index (χ1n) is 11.7. The van der Waals surface area contributed by atoms with Gasteiger partial charge in [-0.1, -0.05) is 24.6 Å². The van der Waals surface area contributed by atoms with Crippen LogP contribution in [0.2, 0.25) is 5.02 Å². The third kappa shape index (κ3) is 4.78. The van der Waals surface area contributed by atoms with E-state index in [1.165, 1.54) is 5.56 Å². The summed E-state index contributed by atoms with van der Waals surface area (Å²) >= 11 is 6.19. The molecule has 2 aromatic rings. The van der Waals surface area contributed by atoms with Gasteiger partial charge in [0.1, 0.15) is 5.75 Å². The fraction of sp³-hybridized carbons (Fsp3) is 0.500. The molecule has 7 heteroatoms. The van der Waals surface area contributed by atoms with Crippen LogP contribution in [0.5, 0.6) is 17.2 Å². The number of amides is 1. The second-order valence-corrected chi connectivity index (χ2v) is 10.2. The van der Waals surface area contributed by atoms with E-state index in [-0.39, 0.29) is 17.2 Å². The molecule has 2 fully saturated rings. The molecule has 2 unspecified atom stereocenters. The molecule has 1 saturated carbocycles. The summed E-state index contributed by atoms with van der Waals surface area (Å²) in [5.74, 6) is 3.07. The molecule has 1 spiro atoms. The van der Waals surface area contributed by atoms with Gasteiger partial charge in [-0.05, 0) is 86.0 Å². The first kappa shape index (κ1) is 22.4. The zero-order valence-electron chi connectivity index (χ0n) is 19.2. The molecule has 2 atom stereocenters. The average Bonchev–Trinajstić information content (AvgIpc) is 3.29. The lowest BCUT2D eigenvalue weighted by Crippen LogP contribution is -2.39. The summed E-state index contributed by atoms with van der Waals surface area (Å²) in [4.78, 5) is 15.4. The third-order valence-corrected chi connectivity index (χ3v) is 7.66. The highest BCUT2D eigenvalue weighted by Crippen LogP contribution is 2.59. The minimum Gasteiger partial charge on any atom is -0.495 e. The van der Waals surface area contributed by atoms with Crippen molar-refractivity contribution in [2.24, 2.45) is 17.3 Å². The van der Waals surface area contributed by atoms with Gasteiger partial charge in [0.15, 0.2) is 11.5 Å². The Morgan fingerprint density at radius 3 is 2.76 bits per heavy atom. The minimum atomic E-state index is 0.103. The highest BCUT2D eigenvalue weighted by molar-refractivity contribution is 6.32. The van der Waals surface area contributed by atoms with Crippen molar-refractivity contribution < 1.29 is 19.0 Å². The Hall–Kier alpha value is -2.44. The smallest absolute Gasteiger partial charge is 0.231 e. The van der Waals surface area contributed by atoms with Gasteiger partial charge >= 0.3 is 0 Å². The summed E-state index contributed by atoms with van der Waals surface area (Å²) in [5, 5.41) is 3.55. The molecule has 2 heterocycles. The lowest BCUT2D eigenvalue weighted by Gasteiger charge is -2.34. The van der Waals surface area contributed by atoms with Gasteiger partial charge < -0.3 is 24.4 Å². The molecule has 0 aromatic heterocycles. The van der Waals surface area contributed by atoms with Crippen LogP contribution in [0.25, 0.3) is 0 Å². The number of carbonyl (C=O) groups excluding carboxylic acids is 1. The number of anilines is 1. The number of hydrogen-bond acceptors (Lipinski definition) is 5. The van der Waals surface area contributed by atoms with Crippen molar-refractivity contribution in [2.45, 2.75) is 32.6 Å². The van der Waals surface area contributed by atoms with Crippen molar-refractivity contribution in [3.8, 4) is 17.2 Å². The van der Waals surface area contributed by atoms with Crippen LogP contribution in [-0.2, 0) is 11.2 Å². The summed E-state index contributed by atoms with van der Waals surface area (Å²) in [5.41, 5.74) is 2.19. The van der Waals surface area contributed by atoms with E-state index in [4.69, 9.17) is 25.8 Å². The summed E-state index contributed by atoms with van der Waals surface area (Å²) in [7, 11) is 1.58. The second-order valence-electron chi connectivity index (χ2n) is 9.76. The van der Waals surface area contributed by atoms with E-state index >= 15 is 0 Å². The van der Waals surface area contributed by atoms with Gasteiger partial charge in [-0.3, -0.25) is 4.79 Å². The fourth-order valence-corrected chi connectivity index (χ4v) is 5.66. The van der Waals surface area contributed by atoms with Gasteiger partial charge in [0.05, 0.1) is 12.1 Å². The molecular weight excluding hydrogens is 440 g/mol. The molecule has 3 aliphatic rings. The molecule has 1 aliphatic carbocycles. The zero-order valence-corrected chi connectivity index (χ0v) is 20.0. The number of halogens is 1. The number of likely N-dealkylation sites (tertiary alicyclic amines) is 1. The molecule has 5 rings (SSSR count). The number of methoxy groups -OCH3 is 1. The van der Waals surface area contributed by atoms with Crippen molar-refractivity contribution in [2.75, 3.05) is 38.9 Å². The molecule has 0 bridgehead atoms. The number of benzene rings is 2. The van der Waals surface area contributed by atoms with Gasteiger partial charge in [-0.2, -0.15) is 0 Å². The molecule has 33 heavy (non-hydrogen) atoms. The highest BCUT2D eigenvalue weighted by Gasteiger charge is 2.58. The van der Waals surface area contributed by atoms with Crippen molar-refractivity contribution in [1.29, 1.82) is 0 Å². The number of piperidine rings is 1. The van der Waals surface area contributed by atoms with Gasteiger partial charge in [0.25, 0.3) is 0 Å². The Bertz CT molecular complexity index is 1030. The lowest BCUT2D eigenvalue weighted by atomic mass is 9.89. The van der Waals surface area contributed by atoms with E-state index in [9.17, 15) is 4.79 Å². The number of ether oxygens (including phenoxy) is 3. The van der Waals surface area contributed by atoms with E-state index < -0.39 is 0 Å². The number of rotatable bonds is 7. The maximum Gasteiger partial charge on any atom is 0.231 e. The first-order valence-corrected chi connectivity index (χ1v) is 12.1. The van der Waals surface area contributed by atoms with Crippen LogP contribution >= 0.6 is 11.6 Å². The number of nitrogens with zero attached hydrogens (tertiary/aromatic N) is 1. The molecule has 1 saturated heterocycles. The monoisotopic (exact) mass is 470 g/mol. The summed E-state index contributed by atoms with van der Waals surface area (Å²) in [6, 6.07) is 11.6. The van der Waals surface area contributed by atoms with Crippen molar-refractivity contribution in [3.63, 3.8) is 0 Å². The van der Waals surface area contributed by atoms with Gasteiger partial charge in [-0.15, -0.1) is 0 Å². The minimum absolute atomic E-state index is 0.103. The summed E-state index contributed by atoms with van der Waals surface area (Å²) in [6.45, 7) is 5.82. The number of fused-ring (bicyclic) bond motifs is 1. The van der Waals surface area contributed by atoms with Crippen LogP contribution in [0.3, 0.4) is 0 Å². The Morgan fingerprint density at radius 1 is 1.21 bits per heavy atom. The van der Waals surface area contributed by atoms with Crippen LogP contribution < -0.4 is 19.5 Å². The quantitative estimate of drug-likeness (QED) is 0.617. The third-order valence-electron chi connectivity index (χ3n) is 7.37. The van der Waals surface area contributed by atoms with E-state index in [0.29, 0.717) is 23.5 Å². The molecule has 2 aromatic carbocycles. The summed E-state index contributed by atoms with van der Waals surface area (Å²) < 4.78 is 16.1. The average molecular weight is 471 g/mol. The van der Waals surface area contributed by atoms with Gasteiger partial charge in [0.2, 0.25) is 12.7 Å². The van der Waals surface area contributed by atoms with Crippen LogP contribution in [0.4, 0.5) is 5.69 Å². The normalized spacial score (nSPS) is 21.6. The SMILES string of the molecule is COc1ccc(NC(=O)C2CC23CCN(CC(C)Cc2ccc4c(c2)OCO4)CC3)cc1Cl. The largest absolute Gasteiger partial charge is 0.495 e. The van der Waals surface area contributed by atoms with E-state index in [1.807, 2.05) is 12.1 Å². The molecule has 1 N–H and O–H groups in total. The highest BCUT2D eigenvalue weighted by atomic mass is 35.5. The van der Waals surface area contributed by atoms with Crippen LogP contribution in [0.15, 0.2) is 36.4 Å². The maximum atomic E-state index is 12.8. The Kier molecular flexibility index (Phi) is 6.14. The molecule has 176 valence electrons. The van der Waals surface area contributed by atoms with Crippen LogP contribution in [-0.4, -0.2) is 44.3 Å². The van der Waals surface area contributed by atoms with Crippen molar-refractivity contribution in [1.82, 2.24) is 4.90 Å². The predicted molar refractivity (Wildman–Crippen MR) is 128 cm³/mol. The summed E-state index contributed by atoms with van der Waals surface area (Å²) in [6.07, 6.45) is 4.19. The molecule has 2 aliphatic heterocycles. The topological polar surface area (TPSA) is 60.0 Å². The molecule has 0 radical (unpaired) electrons. The number of hydrogen-bond donors (Lipinski definition) is 1. The Labute approximate surface area is 200 Å². The van der Waals surface area contributed by atoms with Crippen molar-refractivity contribution >= 4 is 23.2 Å². The van der Waals surface area contributed by atoms with E-state index in [0.717, 1.165) is 62.5 Å². The first-order chi connectivity index (χ1) is 16.0. The molecule has 6 nitrogen and oxygen atoms in total. The maximum absolute atomic E-state index is 12.8. The van der Waals surface area contributed by atoms with E-state index in [1.54, 1.807) is 19.2 Å². The lowest BCUT2D eigenvalue weighted by molar-refractivity contribution is -0.118. The van der Waals surface area contributed by atoms with E-state index in [2.05, 4.69) is 29.3 Å². The number of carbonyl (C=O) groups is 1. The molecular formula is C26H31ClN2O4. The molecule has 1 amide bonds. The Balaban J connectivity index is 1.09. The second kappa shape index (κ2) is 9.07. The Morgan fingerprint density at radius 2 is 2.00 bits per heavy atom.